The molecule has 0 saturated heterocycles. The zero-order valence-electron chi connectivity index (χ0n) is 7.45. The third-order valence-electron chi connectivity index (χ3n) is 1.60. The van der Waals surface area contributed by atoms with Crippen molar-refractivity contribution in [2.45, 2.75) is 13.3 Å². The molecule has 0 aliphatic heterocycles. The van der Waals surface area contributed by atoms with Crippen molar-refractivity contribution in [3.8, 4) is 5.75 Å². The summed E-state index contributed by atoms with van der Waals surface area (Å²) < 4.78 is 5.15. The summed E-state index contributed by atoms with van der Waals surface area (Å²) in [6.07, 6.45) is -0.0755. The average molecular weight is 179 g/mol. The molecule has 0 N–H and O–H groups in total. The Morgan fingerprint density at radius 3 is 2.46 bits per heavy atom. The molecule has 0 fully saturated rings. The Morgan fingerprint density at radius 2 is 1.92 bits per heavy atom. The summed E-state index contributed by atoms with van der Waals surface area (Å²) in [5, 5.41) is 10.1. The van der Waals surface area contributed by atoms with Crippen molar-refractivity contribution >= 4 is 5.97 Å². The van der Waals surface area contributed by atoms with Crippen molar-refractivity contribution in [1.29, 1.82) is 0 Å². The third kappa shape index (κ3) is 3.60. The lowest BCUT2D eigenvalue weighted by Crippen LogP contribution is -2.03. The summed E-state index contributed by atoms with van der Waals surface area (Å²) in [5.41, 5.74) is 1.15. The summed E-state index contributed by atoms with van der Waals surface area (Å²) in [6.45, 7) is 2.14. The normalized spacial score (nSPS) is 9.62. The van der Waals surface area contributed by atoms with Crippen LogP contribution in [0.4, 0.5) is 0 Å². The summed E-state index contributed by atoms with van der Waals surface area (Å²) in [6, 6.07) is 7.44. The SMILES string of the molecule is Cc1ccc(OCCC([O])=O)cc1. The highest BCUT2D eigenvalue weighted by Gasteiger charge is 1.99. The predicted octanol–water partition coefficient (Wildman–Crippen LogP) is 1.72. The molecule has 1 aromatic carbocycles. The van der Waals surface area contributed by atoms with E-state index in [2.05, 4.69) is 0 Å². The van der Waals surface area contributed by atoms with Crippen LogP contribution in [0.1, 0.15) is 12.0 Å². The molecule has 0 aliphatic carbocycles. The van der Waals surface area contributed by atoms with Crippen molar-refractivity contribution in [3.05, 3.63) is 29.8 Å². The first kappa shape index (κ1) is 9.58. The zero-order valence-corrected chi connectivity index (χ0v) is 7.45. The Kier molecular flexibility index (Phi) is 3.31. The first-order valence-electron chi connectivity index (χ1n) is 4.08. The van der Waals surface area contributed by atoms with Crippen molar-refractivity contribution in [2.75, 3.05) is 6.61 Å². The molecule has 69 valence electrons. The fraction of sp³-hybridized carbons (Fsp3) is 0.300. The number of aryl methyl sites for hydroxylation is 1. The number of carbonyl (C=O) groups is 1. The van der Waals surface area contributed by atoms with Crippen LogP contribution in [0.3, 0.4) is 0 Å². The number of hydrogen-bond acceptors (Lipinski definition) is 2. The molecular formula is C10H11O3. The lowest BCUT2D eigenvalue weighted by atomic mass is 10.2. The Hall–Kier alpha value is -1.51. The van der Waals surface area contributed by atoms with Crippen molar-refractivity contribution in [1.82, 2.24) is 0 Å². The number of hydrogen-bond donors (Lipinski definition) is 0. The van der Waals surface area contributed by atoms with E-state index in [1.807, 2.05) is 31.2 Å². The molecule has 0 saturated carbocycles. The fourth-order valence-corrected chi connectivity index (χ4v) is 0.887. The first-order chi connectivity index (χ1) is 6.18. The van der Waals surface area contributed by atoms with Crippen LogP contribution in [0.15, 0.2) is 24.3 Å². The van der Waals surface area contributed by atoms with Gasteiger partial charge in [0.05, 0.1) is 13.0 Å². The molecular weight excluding hydrogens is 168 g/mol. The van der Waals surface area contributed by atoms with E-state index in [-0.39, 0.29) is 13.0 Å². The molecule has 0 atom stereocenters. The topological polar surface area (TPSA) is 46.2 Å². The number of ether oxygens (including phenoxy) is 1. The van der Waals surface area contributed by atoms with E-state index in [1.165, 1.54) is 0 Å². The van der Waals surface area contributed by atoms with Crippen LogP contribution in [0.2, 0.25) is 0 Å². The van der Waals surface area contributed by atoms with Gasteiger partial charge >= 0.3 is 5.97 Å². The minimum atomic E-state index is -1.09. The van der Waals surface area contributed by atoms with Gasteiger partial charge in [0.2, 0.25) is 0 Å². The van der Waals surface area contributed by atoms with Gasteiger partial charge in [-0.05, 0) is 19.1 Å². The summed E-state index contributed by atoms with van der Waals surface area (Å²) in [4.78, 5) is 10.1. The Morgan fingerprint density at radius 1 is 1.31 bits per heavy atom. The summed E-state index contributed by atoms with van der Waals surface area (Å²) in [5.74, 6) is -0.404. The van der Waals surface area contributed by atoms with Crippen molar-refractivity contribution < 1.29 is 14.6 Å². The van der Waals surface area contributed by atoms with E-state index in [0.29, 0.717) is 5.75 Å². The largest absolute Gasteiger partial charge is 0.493 e. The molecule has 1 radical (unpaired) electrons. The van der Waals surface area contributed by atoms with Gasteiger partial charge in [0, 0.05) is 0 Å². The van der Waals surface area contributed by atoms with Crippen LogP contribution in [-0.4, -0.2) is 12.6 Å². The van der Waals surface area contributed by atoms with E-state index in [0.717, 1.165) is 5.56 Å². The van der Waals surface area contributed by atoms with E-state index in [1.54, 1.807) is 0 Å². The predicted molar refractivity (Wildman–Crippen MR) is 47.0 cm³/mol. The lowest BCUT2D eigenvalue weighted by Gasteiger charge is -2.03. The summed E-state index contributed by atoms with van der Waals surface area (Å²) >= 11 is 0. The van der Waals surface area contributed by atoms with Gasteiger partial charge in [0.25, 0.3) is 0 Å². The van der Waals surface area contributed by atoms with Crippen molar-refractivity contribution in [2.24, 2.45) is 0 Å². The molecule has 3 heteroatoms. The first-order valence-corrected chi connectivity index (χ1v) is 4.08. The maximum absolute atomic E-state index is 10.1. The van der Waals surface area contributed by atoms with E-state index in [4.69, 9.17) is 4.74 Å². The standard InChI is InChI=1S/C10H11O3/c1-8-2-4-9(5-3-8)13-7-6-10(11)12/h2-5H,6-7H2,1H3. The Bertz CT molecular complexity index is 277. The smallest absolute Gasteiger partial charge is 0.358 e. The molecule has 0 heterocycles. The van der Waals surface area contributed by atoms with Crippen LogP contribution in [-0.2, 0) is 9.90 Å². The van der Waals surface area contributed by atoms with Crippen LogP contribution < -0.4 is 4.74 Å². The summed E-state index contributed by atoms with van der Waals surface area (Å²) in [7, 11) is 0. The molecule has 0 unspecified atom stereocenters. The molecule has 1 rings (SSSR count). The van der Waals surface area contributed by atoms with Gasteiger partial charge in [0.15, 0.2) is 0 Å². The number of carbonyl (C=O) groups excluding carboxylic acids is 1. The van der Waals surface area contributed by atoms with Crippen LogP contribution in [0.25, 0.3) is 0 Å². The molecule has 13 heavy (non-hydrogen) atoms. The number of rotatable bonds is 4. The quantitative estimate of drug-likeness (QED) is 0.706. The second-order valence-corrected chi connectivity index (χ2v) is 2.78. The molecule has 0 bridgehead atoms. The Labute approximate surface area is 77.0 Å². The molecule has 0 amide bonds. The molecule has 3 nitrogen and oxygen atoms in total. The average Bonchev–Trinajstić information content (AvgIpc) is 2.08. The van der Waals surface area contributed by atoms with E-state index in [9.17, 15) is 9.90 Å². The molecule has 1 aromatic rings. The monoisotopic (exact) mass is 179 g/mol. The van der Waals surface area contributed by atoms with Gasteiger partial charge in [-0.15, -0.1) is 0 Å². The highest BCUT2D eigenvalue weighted by atomic mass is 16.5. The van der Waals surface area contributed by atoms with Crippen LogP contribution in [0, 0.1) is 6.92 Å². The van der Waals surface area contributed by atoms with Gasteiger partial charge in [-0.2, -0.15) is 0 Å². The fourth-order valence-electron chi connectivity index (χ4n) is 0.887. The third-order valence-corrected chi connectivity index (χ3v) is 1.60. The lowest BCUT2D eigenvalue weighted by molar-refractivity contribution is -0.143. The van der Waals surface area contributed by atoms with Gasteiger partial charge in [-0.3, -0.25) is 0 Å². The van der Waals surface area contributed by atoms with E-state index >= 15 is 0 Å². The number of benzene rings is 1. The zero-order chi connectivity index (χ0) is 9.68. The second-order valence-electron chi connectivity index (χ2n) is 2.78. The van der Waals surface area contributed by atoms with Gasteiger partial charge < -0.3 is 4.74 Å². The van der Waals surface area contributed by atoms with Gasteiger partial charge in [-0.1, -0.05) is 17.7 Å². The minimum absolute atomic E-state index is 0.0755. The van der Waals surface area contributed by atoms with Crippen molar-refractivity contribution in [3.63, 3.8) is 0 Å². The maximum Gasteiger partial charge on any atom is 0.358 e. The molecule has 0 aromatic heterocycles. The van der Waals surface area contributed by atoms with Gasteiger partial charge in [0.1, 0.15) is 5.75 Å². The maximum atomic E-state index is 10.1. The molecule has 0 spiro atoms. The highest BCUT2D eigenvalue weighted by molar-refractivity contribution is 5.66. The van der Waals surface area contributed by atoms with Crippen LogP contribution >= 0.6 is 0 Å². The van der Waals surface area contributed by atoms with E-state index < -0.39 is 5.97 Å². The highest BCUT2D eigenvalue weighted by Crippen LogP contribution is 2.11. The second kappa shape index (κ2) is 4.50. The van der Waals surface area contributed by atoms with Crippen LogP contribution in [0.5, 0.6) is 5.75 Å². The molecule has 0 aliphatic rings. The van der Waals surface area contributed by atoms with Gasteiger partial charge in [-0.25, -0.2) is 9.90 Å². The minimum Gasteiger partial charge on any atom is -0.493 e. The Balaban J connectivity index is 2.37.